The van der Waals surface area contributed by atoms with Crippen LogP contribution in [0.2, 0.25) is 5.02 Å². The number of hydrogen-bond acceptors (Lipinski definition) is 3. The molecule has 0 spiro atoms. The maximum absolute atomic E-state index is 6.46. The highest BCUT2D eigenvalue weighted by Gasteiger charge is 2.29. The number of hydrogen-bond donors (Lipinski definition) is 1. The van der Waals surface area contributed by atoms with Gasteiger partial charge in [-0.3, -0.25) is 4.90 Å². The van der Waals surface area contributed by atoms with Gasteiger partial charge in [-0.25, -0.2) is 0 Å². The number of benzene rings is 1. The summed E-state index contributed by atoms with van der Waals surface area (Å²) in [5, 5.41) is 0.808. The van der Waals surface area contributed by atoms with Crippen LogP contribution in [0.3, 0.4) is 0 Å². The van der Waals surface area contributed by atoms with Crippen LogP contribution in [0.1, 0.15) is 32.1 Å². The Hall–Kier alpha value is -0.770. The fourth-order valence-corrected chi connectivity index (χ4v) is 3.72. The topological polar surface area (TPSA) is 32.5 Å². The Labute approximate surface area is 133 Å². The Morgan fingerprint density at radius 2 is 1.62 bits per heavy atom. The van der Waals surface area contributed by atoms with Gasteiger partial charge in [0.15, 0.2) is 0 Å². The van der Waals surface area contributed by atoms with Gasteiger partial charge in [0.2, 0.25) is 0 Å². The Balaban J connectivity index is 1.45. The third-order valence-electron chi connectivity index (χ3n) is 5.09. The molecule has 0 bridgehead atoms. The van der Waals surface area contributed by atoms with Crippen LogP contribution in [0.5, 0.6) is 0 Å². The molecule has 0 amide bonds. The molecular weight excluding hydrogens is 282 g/mol. The van der Waals surface area contributed by atoms with Crippen molar-refractivity contribution in [2.24, 2.45) is 5.73 Å². The van der Waals surface area contributed by atoms with Gasteiger partial charge in [-0.2, -0.15) is 0 Å². The highest BCUT2D eigenvalue weighted by Crippen LogP contribution is 2.30. The van der Waals surface area contributed by atoms with Crippen LogP contribution < -0.4 is 10.6 Å². The summed E-state index contributed by atoms with van der Waals surface area (Å²) in [6.07, 6.45) is 6.24. The molecule has 1 aliphatic heterocycles. The van der Waals surface area contributed by atoms with Crippen molar-refractivity contribution in [3.05, 3.63) is 29.3 Å². The monoisotopic (exact) mass is 307 g/mol. The minimum atomic E-state index is 0.132. The predicted octanol–water partition coefficient (Wildman–Crippen LogP) is 3.12. The fourth-order valence-electron chi connectivity index (χ4n) is 3.59. The summed E-state index contributed by atoms with van der Waals surface area (Å²) in [5.74, 6) is 0. The molecule has 0 aromatic heterocycles. The Morgan fingerprint density at radius 3 is 2.24 bits per heavy atom. The average Bonchev–Trinajstić information content (AvgIpc) is 2.94. The molecular formula is C17H26ClN3. The van der Waals surface area contributed by atoms with E-state index < -0.39 is 0 Å². The van der Waals surface area contributed by atoms with Gasteiger partial charge in [-0.15, -0.1) is 0 Å². The summed E-state index contributed by atoms with van der Waals surface area (Å²) in [5.41, 5.74) is 7.87. The summed E-state index contributed by atoms with van der Waals surface area (Å²) >= 11 is 5.95. The highest BCUT2D eigenvalue weighted by atomic mass is 35.5. The molecule has 1 saturated carbocycles. The number of nitrogens with zero attached hydrogens (tertiary/aromatic N) is 2. The standard InChI is InChI=1S/C17H26ClN3/c18-15-3-5-16(6-4-15)21-13-11-20(12-14-21)10-9-17(19)7-1-2-8-17/h3-6H,1-2,7-14,19H2. The quantitative estimate of drug-likeness (QED) is 0.927. The third-order valence-corrected chi connectivity index (χ3v) is 5.34. The van der Waals surface area contributed by atoms with Gasteiger partial charge in [0.1, 0.15) is 0 Å². The maximum Gasteiger partial charge on any atom is 0.0407 e. The molecule has 0 radical (unpaired) electrons. The van der Waals surface area contributed by atoms with E-state index in [-0.39, 0.29) is 5.54 Å². The van der Waals surface area contributed by atoms with Gasteiger partial charge >= 0.3 is 0 Å². The number of piperazine rings is 1. The van der Waals surface area contributed by atoms with Crippen molar-refractivity contribution in [2.45, 2.75) is 37.6 Å². The maximum atomic E-state index is 6.46. The summed E-state index contributed by atoms with van der Waals surface area (Å²) < 4.78 is 0. The minimum absolute atomic E-state index is 0.132. The molecule has 21 heavy (non-hydrogen) atoms. The van der Waals surface area contributed by atoms with Gasteiger partial charge in [-0.05, 0) is 43.5 Å². The van der Waals surface area contributed by atoms with Crippen LogP contribution in [0.15, 0.2) is 24.3 Å². The lowest BCUT2D eigenvalue weighted by Gasteiger charge is -2.37. The van der Waals surface area contributed by atoms with E-state index in [0.29, 0.717) is 0 Å². The van der Waals surface area contributed by atoms with E-state index >= 15 is 0 Å². The number of rotatable bonds is 4. The van der Waals surface area contributed by atoms with Crippen molar-refractivity contribution in [3.8, 4) is 0 Å². The predicted molar refractivity (Wildman–Crippen MR) is 90.1 cm³/mol. The second kappa shape index (κ2) is 6.55. The van der Waals surface area contributed by atoms with E-state index in [9.17, 15) is 0 Å². The molecule has 2 aliphatic rings. The average molecular weight is 308 g/mol. The molecule has 1 heterocycles. The first-order chi connectivity index (χ1) is 10.1. The van der Waals surface area contributed by atoms with E-state index in [0.717, 1.165) is 44.2 Å². The van der Waals surface area contributed by atoms with Crippen molar-refractivity contribution < 1.29 is 0 Å². The first-order valence-electron chi connectivity index (χ1n) is 8.16. The number of nitrogens with two attached hydrogens (primary N) is 1. The summed E-state index contributed by atoms with van der Waals surface area (Å²) in [6, 6.07) is 8.18. The molecule has 116 valence electrons. The second-order valence-electron chi connectivity index (χ2n) is 6.62. The Bertz CT molecular complexity index is 446. The Kier molecular flexibility index (Phi) is 4.72. The zero-order valence-corrected chi connectivity index (χ0v) is 13.5. The first-order valence-corrected chi connectivity index (χ1v) is 8.54. The highest BCUT2D eigenvalue weighted by molar-refractivity contribution is 6.30. The smallest absolute Gasteiger partial charge is 0.0407 e. The van der Waals surface area contributed by atoms with Crippen molar-refractivity contribution in [3.63, 3.8) is 0 Å². The van der Waals surface area contributed by atoms with E-state index in [4.69, 9.17) is 17.3 Å². The molecule has 0 unspecified atom stereocenters. The number of halogens is 1. The van der Waals surface area contributed by atoms with Crippen LogP contribution in [-0.4, -0.2) is 43.2 Å². The summed E-state index contributed by atoms with van der Waals surface area (Å²) in [7, 11) is 0. The molecule has 1 saturated heterocycles. The van der Waals surface area contributed by atoms with Crippen LogP contribution in [0, 0.1) is 0 Å². The fraction of sp³-hybridized carbons (Fsp3) is 0.647. The molecule has 4 heteroatoms. The second-order valence-corrected chi connectivity index (χ2v) is 7.06. The number of anilines is 1. The van der Waals surface area contributed by atoms with E-state index in [1.807, 2.05) is 12.1 Å². The van der Waals surface area contributed by atoms with Crippen molar-refractivity contribution in [1.29, 1.82) is 0 Å². The van der Waals surface area contributed by atoms with Crippen molar-refractivity contribution in [2.75, 3.05) is 37.6 Å². The lowest BCUT2D eigenvalue weighted by molar-refractivity contribution is 0.227. The summed E-state index contributed by atoms with van der Waals surface area (Å²) in [6.45, 7) is 5.63. The first kappa shape index (κ1) is 15.1. The SMILES string of the molecule is NC1(CCN2CCN(c3ccc(Cl)cc3)CC2)CCCC1. The van der Waals surface area contributed by atoms with Gasteiger partial charge in [0.05, 0.1) is 0 Å². The van der Waals surface area contributed by atoms with Gasteiger partial charge in [0, 0.05) is 49.0 Å². The lowest BCUT2D eigenvalue weighted by atomic mass is 9.94. The third kappa shape index (κ3) is 3.91. The molecule has 3 rings (SSSR count). The molecule has 2 N–H and O–H groups in total. The van der Waals surface area contributed by atoms with E-state index in [1.54, 1.807) is 0 Å². The largest absolute Gasteiger partial charge is 0.369 e. The molecule has 2 fully saturated rings. The minimum Gasteiger partial charge on any atom is -0.369 e. The van der Waals surface area contributed by atoms with Crippen molar-refractivity contribution >= 4 is 17.3 Å². The Morgan fingerprint density at radius 1 is 1.00 bits per heavy atom. The zero-order valence-electron chi connectivity index (χ0n) is 12.7. The summed E-state index contributed by atoms with van der Waals surface area (Å²) in [4.78, 5) is 5.01. The molecule has 1 aromatic carbocycles. The normalized spacial score (nSPS) is 22.7. The van der Waals surface area contributed by atoms with Crippen LogP contribution in [-0.2, 0) is 0 Å². The molecule has 3 nitrogen and oxygen atoms in total. The van der Waals surface area contributed by atoms with Crippen LogP contribution in [0.25, 0.3) is 0 Å². The zero-order chi connectivity index (χ0) is 14.7. The molecule has 1 aliphatic carbocycles. The lowest BCUT2D eigenvalue weighted by Crippen LogP contribution is -2.48. The molecule has 0 atom stereocenters. The van der Waals surface area contributed by atoms with Gasteiger partial charge in [0.25, 0.3) is 0 Å². The van der Waals surface area contributed by atoms with Crippen LogP contribution in [0.4, 0.5) is 5.69 Å². The van der Waals surface area contributed by atoms with Crippen molar-refractivity contribution in [1.82, 2.24) is 4.90 Å². The van der Waals surface area contributed by atoms with Crippen LogP contribution >= 0.6 is 11.6 Å². The van der Waals surface area contributed by atoms with Gasteiger partial charge < -0.3 is 10.6 Å². The van der Waals surface area contributed by atoms with E-state index in [2.05, 4.69) is 21.9 Å². The van der Waals surface area contributed by atoms with E-state index in [1.165, 1.54) is 31.4 Å². The van der Waals surface area contributed by atoms with Gasteiger partial charge in [-0.1, -0.05) is 24.4 Å². The molecule has 1 aromatic rings.